The summed E-state index contributed by atoms with van der Waals surface area (Å²) in [4.78, 5) is 4.15. The van der Waals surface area contributed by atoms with Crippen LogP contribution in [0.3, 0.4) is 0 Å². The first-order valence-corrected chi connectivity index (χ1v) is 5.93. The second-order valence-corrected chi connectivity index (χ2v) is 4.42. The Hall–Kier alpha value is -1.51. The Balaban J connectivity index is 2.25. The van der Waals surface area contributed by atoms with Crippen molar-refractivity contribution in [2.75, 3.05) is 5.88 Å². The molecule has 0 radical (unpaired) electrons. The van der Waals surface area contributed by atoms with Crippen molar-refractivity contribution in [1.82, 2.24) is 15.2 Å². The maximum absolute atomic E-state index is 8.64. The SMILES string of the molecule is N#Cc1ccc(-c2nnc(CCCl)s2)nc1. The van der Waals surface area contributed by atoms with E-state index >= 15 is 0 Å². The summed E-state index contributed by atoms with van der Waals surface area (Å²) in [5, 5.41) is 18.3. The lowest BCUT2D eigenvalue weighted by Crippen LogP contribution is -1.84. The average molecular weight is 251 g/mol. The maximum atomic E-state index is 8.64. The molecule has 80 valence electrons. The Kier molecular flexibility index (Phi) is 3.44. The second kappa shape index (κ2) is 5.01. The monoisotopic (exact) mass is 250 g/mol. The molecular weight excluding hydrogens is 244 g/mol. The smallest absolute Gasteiger partial charge is 0.166 e. The van der Waals surface area contributed by atoms with E-state index in [0.29, 0.717) is 11.4 Å². The molecule has 0 amide bonds. The van der Waals surface area contributed by atoms with Crippen LogP contribution in [0.5, 0.6) is 0 Å². The standard InChI is InChI=1S/C10H7ClN4S/c11-4-3-9-14-15-10(16-9)8-2-1-7(5-12)6-13-8/h1-2,6H,3-4H2. The molecule has 2 heterocycles. The minimum atomic E-state index is 0.536. The van der Waals surface area contributed by atoms with Gasteiger partial charge in [0.05, 0.1) is 5.56 Å². The van der Waals surface area contributed by atoms with E-state index in [-0.39, 0.29) is 0 Å². The largest absolute Gasteiger partial charge is 0.252 e. The second-order valence-electron chi connectivity index (χ2n) is 2.98. The number of alkyl halides is 1. The molecule has 0 fully saturated rings. The van der Waals surface area contributed by atoms with Crippen molar-refractivity contribution in [3.8, 4) is 16.8 Å². The van der Waals surface area contributed by atoms with Gasteiger partial charge in [-0.25, -0.2) is 0 Å². The van der Waals surface area contributed by atoms with Crippen molar-refractivity contribution < 1.29 is 0 Å². The maximum Gasteiger partial charge on any atom is 0.166 e. The van der Waals surface area contributed by atoms with E-state index in [4.69, 9.17) is 16.9 Å². The van der Waals surface area contributed by atoms with Crippen LogP contribution in [0.1, 0.15) is 10.6 Å². The lowest BCUT2D eigenvalue weighted by Gasteiger charge is -1.92. The van der Waals surface area contributed by atoms with Crippen molar-refractivity contribution in [2.45, 2.75) is 6.42 Å². The molecule has 0 aliphatic carbocycles. The van der Waals surface area contributed by atoms with Gasteiger partial charge in [-0.1, -0.05) is 11.3 Å². The molecule has 0 atom stereocenters. The van der Waals surface area contributed by atoms with Gasteiger partial charge in [0.25, 0.3) is 0 Å². The van der Waals surface area contributed by atoms with Crippen LogP contribution in [0.15, 0.2) is 18.3 Å². The van der Waals surface area contributed by atoms with Gasteiger partial charge >= 0.3 is 0 Å². The van der Waals surface area contributed by atoms with Crippen molar-refractivity contribution in [3.63, 3.8) is 0 Å². The molecule has 0 saturated carbocycles. The quantitative estimate of drug-likeness (QED) is 0.784. The van der Waals surface area contributed by atoms with Crippen LogP contribution in [-0.2, 0) is 6.42 Å². The molecule has 2 aromatic heterocycles. The highest BCUT2D eigenvalue weighted by Crippen LogP contribution is 2.21. The van der Waals surface area contributed by atoms with Gasteiger partial charge < -0.3 is 0 Å². The molecule has 6 heteroatoms. The van der Waals surface area contributed by atoms with Crippen molar-refractivity contribution in [2.24, 2.45) is 0 Å². The van der Waals surface area contributed by atoms with Gasteiger partial charge in [-0.15, -0.1) is 21.8 Å². The molecular formula is C10H7ClN4S. The van der Waals surface area contributed by atoms with Crippen molar-refractivity contribution in [3.05, 3.63) is 28.9 Å². The van der Waals surface area contributed by atoms with E-state index in [1.54, 1.807) is 12.1 Å². The van der Waals surface area contributed by atoms with Gasteiger partial charge in [-0.3, -0.25) is 4.98 Å². The van der Waals surface area contributed by atoms with Gasteiger partial charge in [-0.05, 0) is 12.1 Å². The number of nitrogens with zero attached hydrogens (tertiary/aromatic N) is 4. The third kappa shape index (κ3) is 2.35. The number of rotatable bonds is 3. The molecule has 16 heavy (non-hydrogen) atoms. The zero-order chi connectivity index (χ0) is 11.4. The molecule has 2 rings (SSSR count). The Morgan fingerprint density at radius 1 is 1.38 bits per heavy atom. The average Bonchev–Trinajstić information content (AvgIpc) is 2.78. The first kappa shape index (κ1) is 11.0. The molecule has 0 spiro atoms. The Bertz CT molecular complexity index is 514. The first-order chi connectivity index (χ1) is 7.83. The highest BCUT2D eigenvalue weighted by Gasteiger charge is 2.07. The summed E-state index contributed by atoms with van der Waals surface area (Å²) in [6, 6.07) is 5.50. The molecule has 0 unspecified atom stereocenters. The summed E-state index contributed by atoms with van der Waals surface area (Å²) in [6.07, 6.45) is 2.24. The Labute approximate surface area is 102 Å². The number of hydrogen-bond acceptors (Lipinski definition) is 5. The van der Waals surface area contributed by atoms with Crippen LogP contribution < -0.4 is 0 Å². The van der Waals surface area contributed by atoms with Crippen molar-refractivity contribution >= 4 is 22.9 Å². The van der Waals surface area contributed by atoms with Crippen LogP contribution in [0.25, 0.3) is 10.7 Å². The predicted molar refractivity (Wildman–Crippen MR) is 62.3 cm³/mol. The molecule has 0 saturated heterocycles. The molecule has 0 aliphatic heterocycles. The summed E-state index contributed by atoms with van der Waals surface area (Å²) in [6.45, 7) is 0. The molecule has 4 nitrogen and oxygen atoms in total. The van der Waals surface area contributed by atoms with Crippen LogP contribution in [0.4, 0.5) is 0 Å². The van der Waals surface area contributed by atoms with E-state index in [1.807, 2.05) is 6.07 Å². The van der Waals surface area contributed by atoms with Crippen LogP contribution in [0.2, 0.25) is 0 Å². The zero-order valence-corrected chi connectivity index (χ0v) is 9.79. The number of nitriles is 1. The summed E-state index contributed by atoms with van der Waals surface area (Å²) in [5.41, 5.74) is 1.27. The fraction of sp³-hybridized carbons (Fsp3) is 0.200. The topological polar surface area (TPSA) is 62.5 Å². The number of aryl methyl sites for hydroxylation is 1. The molecule has 0 bridgehead atoms. The van der Waals surface area contributed by atoms with Gasteiger partial charge in [-0.2, -0.15) is 5.26 Å². The summed E-state index contributed by atoms with van der Waals surface area (Å²) < 4.78 is 0. The van der Waals surface area contributed by atoms with Crippen molar-refractivity contribution in [1.29, 1.82) is 5.26 Å². The molecule has 0 N–H and O–H groups in total. The zero-order valence-electron chi connectivity index (χ0n) is 8.22. The van der Waals surface area contributed by atoms with E-state index in [0.717, 1.165) is 22.1 Å². The van der Waals surface area contributed by atoms with Gasteiger partial charge in [0, 0.05) is 18.5 Å². The van der Waals surface area contributed by atoms with E-state index in [2.05, 4.69) is 15.2 Å². The van der Waals surface area contributed by atoms with Crippen LogP contribution in [0, 0.1) is 11.3 Å². The van der Waals surface area contributed by atoms with Gasteiger partial charge in [0.2, 0.25) is 0 Å². The fourth-order valence-corrected chi connectivity index (χ4v) is 2.23. The fourth-order valence-electron chi connectivity index (χ4n) is 1.13. The van der Waals surface area contributed by atoms with Crippen LogP contribution >= 0.6 is 22.9 Å². The third-order valence-electron chi connectivity index (χ3n) is 1.89. The third-order valence-corrected chi connectivity index (χ3v) is 3.08. The molecule has 0 aliphatic rings. The normalized spacial score (nSPS) is 10.0. The number of hydrogen-bond donors (Lipinski definition) is 0. The minimum absolute atomic E-state index is 0.536. The summed E-state index contributed by atoms with van der Waals surface area (Å²) in [7, 11) is 0. The summed E-state index contributed by atoms with van der Waals surface area (Å²) >= 11 is 7.09. The lowest BCUT2D eigenvalue weighted by molar-refractivity contribution is 0.987. The van der Waals surface area contributed by atoms with Crippen LogP contribution in [-0.4, -0.2) is 21.1 Å². The number of pyridine rings is 1. The van der Waals surface area contributed by atoms with E-state index in [1.165, 1.54) is 17.5 Å². The highest BCUT2D eigenvalue weighted by molar-refractivity contribution is 7.14. The van der Waals surface area contributed by atoms with Gasteiger partial charge in [0.1, 0.15) is 16.8 Å². The Morgan fingerprint density at radius 3 is 2.88 bits per heavy atom. The minimum Gasteiger partial charge on any atom is -0.252 e. The Morgan fingerprint density at radius 2 is 2.25 bits per heavy atom. The summed E-state index contributed by atoms with van der Waals surface area (Å²) in [5.74, 6) is 0.537. The number of halogens is 1. The van der Waals surface area contributed by atoms with Gasteiger partial charge in [0.15, 0.2) is 5.01 Å². The van der Waals surface area contributed by atoms with E-state index < -0.39 is 0 Å². The molecule has 0 aromatic carbocycles. The first-order valence-electron chi connectivity index (χ1n) is 4.58. The predicted octanol–water partition coefficient (Wildman–Crippen LogP) is 2.25. The highest BCUT2D eigenvalue weighted by atomic mass is 35.5. The molecule has 2 aromatic rings. The lowest BCUT2D eigenvalue weighted by atomic mass is 10.3. The van der Waals surface area contributed by atoms with E-state index in [9.17, 15) is 0 Å². The number of aromatic nitrogens is 3.